The van der Waals surface area contributed by atoms with Crippen molar-refractivity contribution in [1.82, 2.24) is 0 Å². The fourth-order valence-electron chi connectivity index (χ4n) is 0.700. The Morgan fingerprint density at radius 1 is 1.27 bits per heavy atom. The van der Waals surface area contributed by atoms with Crippen LogP contribution in [0.15, 0.2) is 34.0 Å². The van der Waals surface area contributed by atoms with Gasteiger partial charge in [-0.1, -0.05) is 12.2 Å². The van der Waals surface area contributed by atoms with Gasteiger partial charge < -0.3 is 5.73 Å². The molecular weight excluding hydrogens is 216 g/mol. The first-order valence-electron chi connectivity index (χ1n) is 3.00. The molecule has 0 saturated heterocycles. The Morgan fingerprint density at radius 2 is 1.91 bits per heavy atom. The summed E-state index contributed by atoms with van der Waals surface area (Å²) in [6.07, 6.45) is 3.37. The topological polar surface area (TPSA) is 26.0 Å². The number of allylic oxidation sites excluding steroid dienone is 5. The molecule has 11 heavy (non-hydrogen) atoms. The van der Waals surface area contributed by atoms with Crippen molar-refractivity contribution in [3.05, 3.63) is 34.0 Å². The van der Waals surface area contributed by atoms with Crippen LogP contribution in [0.4, 0.5) is 8.78 Å². The van der Waals surface area contributed by atoms with Crippen molar-refractivity contribution in [2.75, 3.05) is 0 Å². The van der Waals surface area contributed by atoms with Gasteiger partial charge in [0.1, 0.15) is 0 Å². The van der Waals surface area contributed by atoms with Gasteiger partial charge in [0.05, 0.1) is 10.2 Å². The van der Waals surface area contributed by atoms with Crippen LogP contribution in [0, 0.1) is 0 Å². The van der Waals surface area contributed by atoms with Crippen LogP contribution in [0.1, 0.15) is 6.42 Å². The van der Waals surface area contributed by atoms with Gasteiger partial charge >= 0.3 is 0 Å². The number of rotatable bonds is 0. The largest absolute Gasteiger partial charge is 0.397 e. The van der Waals surface area contributed by atoms with Gasteiger partial charge in [0, 0.05) is 0 Å². The zero-order chi connectivity index (χ0) is 8.43. The molecule has 2 N–H and O–H groups in total. The lowest BCUT2D eigenvalue weighted by atomic mass is 10.3. The maximum atomic E-state index is 12.7. The summed E-state index contributed by atoms with van der Waals surface area (Å²) in [5.74, 6) is -1.93. The molecule has 0 saturated carbocycles. The van der Waals surface area contributed by atoms with Crippen molar-refractivity contribution in [2.24, 2.45) is 5.73 Å². The first-order valence-corrected chi connectivity index (χ1v) is 3.79. The molecule has 0 radical (unpaired) electrons. The summed E-state index contributed by atoms with van der Waals surface area (Å²) in [5, 5.41) is 0. The molecule has 0 aromatic rings. The van der Waals surface area contributed by atoms with E-state index < -0.39 is 11.7 Å². The molecule has 1 nitrogen and oxygen atoms in total. The number of halogens is 3. The van der Waals surface area contributed by atoms with Crippen molar-refractivity contribution in [3.8, 4) is 0 Å². The SMILES string of the molecule is NC1=CCC=C(Br)C(F)=C1F. The molecule has 0 amide bonds. The highest BCUT2D eigenvalue weighted by molar-refractivity contribution is 9.11. The molecule has 0 bridgehead atoms. The molecule has 1 aliphatic rings. The lowest BCUT2D eigenvalue weighted by molar-refractivity contribution is 0.561. The fourth-order valence-corrected chi connectivity index (χ4v) is 1.06. The van der Waals surface area contributed by atoms with Crippen LogP contribution >= 0.6 is 15.9 Å². The van der Waals surface area contributed by atoms with Crippen LogP contribution in [0.5, 0.6) is 0 Å². The number of hydrogen-bond donors (Lipinski definition) is 1. The summed E-state index contributed by atoms with van der Waals surface area (Å²) in [4.78, 5) is 0. The van der Waals surface area contributed by atoms with E-state index >= 15 is 0 Å². The van der Waals surface area contributed by atoms with E-state index in [1.807, 2.05) is 0 Å². The molecule has 1 rings (SSSR count). The molecule has 0 aromatic heterocycles. The Hall–Kier alpha value is -0.640. The highest BCUT2D eigenvalue weighted by atomic mass is 79.9. The number of nitrogens with two attached hydrogens (primary N) is 1. The summed E-state index contributed by atoms with van der Waals surface area (Å²) >= 11 is 2.87. The first-order chi connectivity index (χ1) is 5.13. The van der Waals surface area contributed by atoms with E-state index in [0.717, 1.165) is 0 Å². The van der Waals surface area contributed by atoms with Crippen molar-refractivity contribution >= 4 is 15.9 Å². The van der Waals surface area contributed by atoms with Gasteiger partial charge in [-0.25, -0.2) is 8.78 Å². The molecule has 0 fully saturated rings. The van der Waals surface area contributed by atoms with Crippen LogP contribution in [0.2, 0.25) is 0 Å². The maximum Gasteiger partial charge on any atom is 0.182 e. The lowest BCUT2D eigenvalue weighted by Crippen LogP contribution is -1.97. The second-order valence-corrected chi connectivity index (χ2v) is 2.93. The second kappa shape index (κ2) is 3.17. The maximum absolute atomic E-state index is 12.7. The molecule has 0 atom stereocenters. The van der Waals surface area contributed by atoms with Gasteiger partial charge in [-0.05, 0) is 22.4 Å². The molecule has 1 aliphatic carbocycles. The average molecular weight is 222 g/mol. The van der Waals surface area contributed by atoms with E-state index in [4.69, 9.17) is 5.73 Å². The zero-order valence-electron chi connectivity index (χ0n) is 5.57. The molecule has 0 heterocycles. The molecule has 0 aromatic carbocycles. The molecule has 0 unspecified atom stereocenters. The summed E-state index contributed by atoms with van der Waals surface area (Å²) in [5.41, 5.74) is 5.02. The predicted octanol–water partition coefficient (Wildman–Crippen LogP) is 2.66. The Morgan fingerprint density at radius 3 is 2.55 bits per heavy atom. The quantitative estimate of drug-likeness (QED) is 0.669. The predicted molar refractivity (Wildman–Crippen MR) is 43.1 cm³/mol. The Bertz CT molecular complexity index is 240. The van der Waals surface area contributed by atoms with Crippen molar-refractivity contribution in [3.63, 3.8) is 0 Å². The Kier molecular flexibility index (Phi) is 2.44. The van der Waals surface area contributed by atoms with Gasteiger partial charge in [-0.2, -0.15) is 0 Å². The van der Waals surface area contributed by atoms with Crippen LogP contribution in [0.25, 0.3) is 0 Å². The van der Waals surface area contributed by atoms with Crippen molar-refractivity contribution < 1.29 is 8.78 Å². The Balaban J connectivity index is 3.12. The van der Waals surface area contributed by atoms with E-state index in [0.29, 0.717) is 6.42 Å². The molecule has 0 spiro atoms. The van der Waals surface area contributed by atoms with E-state index in [1.54, 1.807) is 0 Å². The normalized spacial score (nSPS) is 19.2. The minimum Gasteiger partial charge on any atom is -0.397 e. The monoisotopic (exact) mass is 221 g/mol. The summed E-state index contributed by atoms with van der Waals surface area (Å²) < 4.78 is 25.6. The molecule has 0 aliphatic heterocycles. The summed E-state index contributed by atoms with van der Waals surface area (Å²) in [6, 6.07) is 0. The van der Waals surface area contributed by atoms with Crippen LogP contribution in [-0.4, -0.2) is 0 Å². The second-order valence-electron chi connectivity index (χ2n) is 2.08. The van der Waals surface area contributed by atoms with Gasteiger partial charge in [-0.15, -0.1) is 0 Å². The third-order valence-corrected chi connectivity index (χ3v) is 1.96. The average Bonchev–Trinajstić information content (AvgIpc) is 2.07. The molecule has 4 heteroatoms. The van der Waals surface area contributed by atoms with Crippen molar-refractivity contribution in [2.45, 2.75) is 6.42 Å². The van der Waals surface area contributed by atoms with Crippen molar-refractivity contribution in [1.29, 1.82) is 0 Å². The number of hydrogen-bond acceptors (Lipinski definition) is 1. The van der Waals surface area contributed by atoms with Crippen LogP contribution < -0.4 is 5.73 Å². The van der Waals surface area contributed by atoms with Gasteiger partial charge in [0.25, 0.3) is 0 Å². The van der Waals surface area contributed by atoms with E-state index in [2.05, 4.69) is 15.9 Å². The van der Waals surface area contributed by atoms with Crippen LogP contribution in [0.3, 0.4) is 0 Å². The van der Waals surface area contributed by atoms with E-state index in [9.17, 15) is 8.78 Å². The highest BCUT2D eigenvalue weighted by Crippen LogP contribution is 2.28. The fraction of sp³-hybridized carbons (Fsp3) is 0.143. The van der Waals surface area contributed by atoms with Crippen LogP contribution in [-0.2, 0) is 0 Å². The van der Waals surface area contributed by atoms with E-state index in [-0.39, 0.29) is 10.2 Å². The summed E-state index contributed by atoms with van der Waals surface area (Å²) in [6.45, 7) is 0. The Labute approximate surface area is 71.4 Å². The minimum atomic E-state index is -0.995. The first kappa shape index (κ1) is 8.46. The third-order valence-electron chi connectivity index (χ3n) is 1.29. The minimum absolute atomic E-state index is 0.117. The zero-order valence-corrected chi connectivity index (χ0v) is 7.16. The molecule has 60 valence electrons. The van der Waals surface area contributed by atoms with Gasteiger partial charge in [0.2, 0.25) is 0 Å². The third kappa shape index (κ3) is 1.68. The molecular formula is C7H6BrF2N. The lowest BCUT2D eigenvalue weighted by Gasteiger charge is -1.96. The highest BCUT2D eigenvalue weighted by Gasteiger charge is 2.13. The van der Waals surface area contributed by atoms with Gasteiger partial charge in [-0.3, -0.25) is 0 Å². The smallest absolute Gasteiger partial charge is 0.182 e. The van der Waals surface area contributed by atoms with E-state index in [1.165, 1.54) is 12.2 Å². The summed E-state index contributed by atoms with van der Waals surface area (Å²) in [7, 11) is 0. The standard InChI is InChI=1S/C7H6BrF2N/c8-4-2-1-3-5(11)7(10)6(4)9/h2-3H,1,11H2. The van der Waals surface area contributed by atoms with Gasteiger partial charge in [0.15, 0.2) is 11.7 Å².